The number of rotatable bonds is 3. The molecule has 0 unspecified atom stereocenters. The first-order valence-electron chi connectivity index (χ1n) is 9.00. The van der Waals surface area contributed by atoms with Crippen LogP contribution in [-0.4, -0.2) is 35.6 Å². The number of anilines is 1. The number of carbonyl (C=O) groups is 1. The third-order valence-electron chi connectivity index (χ3n) is 4.61. The van der Waals surface area contributed by atoms with E-state index in [-0.39, 0.29) is 23.5 Å². The molecule has 27 heavy (non-hydrogen) atoms. The number of esters is 1. The second-order valence-corrected chi connectivity index (χ2v) is 7.17. The number of hydrogen-bond acceptors (Lipinski definition) is 5. The van der Waals surface area contributed by atoms with Crippen LogP contribution in [0.5, 0.6) is 0 Å². The van der Waals surface area contributed by atoms with Gasteiger partial charge >= 0.3 is 12.1 Å². The lowest BCUT2D eigenvalue weighted by Crippen LogP contribution is -2.39. The molecular formula is C19H22F3N3O2. The van der Waals surface area contributed by atoms with Crippen LogP contribution >= 0.6 is 0 Å². The normalized spacial score (nSPS) is 20.7. The van der Waals surface area contributed by atoms with Crippen molar-refractivity contribution in [3.8, 4) is 0 Å². The van der Waals surface area contributed by atoms with Crippen molar-refractivity contribution in [2.45, 2.75) is 33.4 Å². The minimum absolute atomic E-state index is 0.159. The van der Waals surface area contributed by atoms with E-state index in [0.717, 1.165) is 6.42 Å². The van der Waals surface area contributed by atoms with Crippen LogP contribution in [0.1, 0.15) is 43.4 Å². The number of piperidine rings is 1. The molecule has 0 aliphatic carbocycles. The van der Waals surface area contributed by atoms with Crippen LogP contribution in [0.25, 0.3) is 10.9 Å². The quantitative estimate of drug-likeness (QED) is 0.742. The number of ether oxygens (including phenoxy) is 1. The van der Waals surface area contributed by atoms with E-state index in [1.54, 1.807) is 6.92 Å². The maximum Gasteiger partial charge on any atom is 0.451 e. The summed E-state index contributed by atoms with van der Waals surface area (Å²) >= 11 is 0. The zero-order valence-electron chi connectivity index (χ0n) is 15.5. The number of fused-ring (bicyclic) bond motifs is 1. The summed E-state index contributed by atoms with van der Waals surface area (Å²) in [5.74, 6) is -0.801. The third-order valence-corrected chi connectivity index (χ3v) is 4.61. The van der Waals surface area contributed by atoms with Crippen molar-refractivity contribution < 1.29 is 22.7 Å². The van der Waals surface area contributed by atoms with E-state index in [1.165, 1.54) is 18.2 Å². The minimum Gasteiger partial charge on any atom is -0.462 e. The van der Waals surface area contributed by atoms with Gasteiger partial charge in [0, 0.05) is 18.5 Å². The lowest BCUT2D eigenvalue weighted by atomic mass is 9.91. The standard InChI is InChI=1S/C19H22F3N3O2/c1-4-27-17(26)13-5-6-15-14(8-13)16(24-18(23-15)19(20,21)22)25-9-11(2)7-12(3)10-25/h5-6,8,11-12H,4,7,9-10H2,1-3H3/t11-,12+. The molecule has 0 spiro atoms. The van der Waals surface area contributed by atoms with Crippen LogP contribution in [0.4, 0.5) is 19.0 Å². The molecule has 1 aliphatic rings. The van der Waals surface area contributed by atoms with Crippen molar-refractivity contribution in [1.82, 2.24) is 9.97 Å². The Morgan fingerprint density at radius 1 is 1.22 bits per heavy atom. The van der Waals surface area contributed by atoms with Crippen LogP contribution in [0, 0.1) is 11.8 Å². The SMILES string of the molecule is CCOC(=O)c1ccc2nc(C(F)(F)F)nc(N3C[C@H](C)C[C@H](C)C3)c2c1. The summed E-state index contributed by atoms with van der Waals surface area (Å²) in [5.41, 5.74) is 0.429. The molecule has 2 aromatic rings. The van der Waals surface area contributed by atoms with E-state index in [1.807, 2.05) is 4.90 Å². The maximum absolute atomic E-state index is 13.3. The summed E-state index contributed by atoms with van der Waals surface area (Å²) in [6, 6.07) is 4.37. The van der Waals surface area contributed by atoms with Gasteiger partial charge in [0.15, 0.2) is 0 Å². The number of aromatic nitrogens is 2. The maximum atomic E-state index is 13.3. The van der Waals surface area contributed by atoms with E-state index in [9.17, 15) is 18.0 Å². The first-order chi connectivity index (χ1) is 12.7. The first kappa shape index (κ1) is 19.4. The molecule has 1 fully saturated rings. The molecule has 8 heteroatoms. The van der Waals surface area contributed by atoms with Gasteiger partial charge < -0.3 is 9.64 Å². The van der Waals surface area contributed by atoms with Gasteiger partial charge in [-0.15, -0.1) is 0 Å². The monoisotopic (exact) mass is 381 g/mol. The second kappa shape index (κ2) is 7.32. The predicted octanol–water partition coefficient (Wildman–Crippen LogP) is 4.31. The molecule has 1 aromatic carbocycles. The van der Waals surface area contributed by atoms with Gasteiger partial charge in [0.1, 0.15) is 5.82 Å². The van der Waals surface area contributed by atoms with Gasteiger partial charge in [0.25, 0.3) is 0 Å². The van der Waals surface area contributed by atoms with Crippen molar-refractivity contribution in [2.24, 2.45) is 11.8 Å². The van der Waals surface area contributed by atoms with Crippen LogP contribution in [0.15, 0.2) is 18.2 Å². The Kier molecular flexibility index (Phi) is 5.26. The smallest absolute Gasteiger partial charge is 0.451 e. The molecule has 1 aromatic heterocycles. The van der Waals surface area contributed by atoms with Gasteiger partial charge in [-0.05, 0) is 43.4 Å². The average molecular weight is 381 g/mol. The van der Waals surface area contributed by atoms with E-state index in [0.29, 0.717) is 30.3 Å². The fourth-order valence-corrected chi connectivity index (χ4v) is 3.66. The number of benzene rings is 1. The number of alkyl halides is 3. The molecular weight excluding hydrogens is 359 g/mol. The van der Waals surface area contributed by atoms with Crippen molar-refractivity contribution in [1.29, 1.82) is 0 Å². The van der Waals surface area contributed by atoms with E-state index in [2.05, 4.69) is 23.8 Å². The van der Waals surface area contributed by atoms with E-state index in [4.69, 9.17) is 4.74 Å². The molecule has 2 heterocycles. The molecule has 1 aliphatic heterocycles. The second-order valence-electron chi connectivity index (χ2n) is 7.17. The van der Waals surface area contributed by atoms with Crippen LogP contribution in [-0.2, 0) is 10.9 Å². The highest BCUT2D eigenvalue weighted by molar-refractivity contribution is 5.98. The van der Waals surface area contributed by atoms with Gasteiger partial charge in [-0.25, -0.2) is 14.8 Å². The topological polar surface area (TPSA) is 55.3 Å². The zero-order chi connectivity index (χ0) is 19.8. The number of carbonyl (C=O) groups excluding carboxylic acids is 1. The lowest BCUT2D eigenvalue weighted by molar-refractivity contribution is -0.144. The number of nitrogens with zero attached hydrogens (tertiary/aromatic N) is 3. The van der Waals surface area contributed by atoms with Gasteiger partial charge in [0.05, 0.1) is 17.7 Å². The molecule has 0 amide bonds. The molecule has 3 rings (SSSR count). The number of halogens is 3. The van der Waals surface area contributed by atoms with Crippen molar-refractivity contribution in [2.75, 3.05) is 24.6 Å². The van der Waals surface area contributed by atoms with Crippen molar-refractivity contribution in [3.05, 3.63) is 29.6 Å². The summed E-state index contributed by atoms with van der Waals surface area (Å²) in [6.07, 6.45) is -3.63. The largest absolute Gasteiger partial charge is 0.462 e. The molecule has 5 nitrogen and oxygen atoms in total. The minimum atomic E-state index is -4.64. The molecule has 0 saturated carbocycles. The summed E-state index contributed by atoms with van der Waals surface area (Å²) < 4.78 is 44.9. The van der Waals surface area contributed by atoms with Crippen LogP contribution < -0.4 is 4.90 Å². The van der Waals surface area contributed by atoms with E-state index >= 15 is 0 Å². The fraction of sp³-hybridized carbons (Fsp3) is 0.526. The first-order valence-corrected chi connectivity index (χ1v) is 9.00. The van der Waals surface area contributed by atoms with Gasteiger partial charge in [-0.2, -0.15) is 13.2 Å². The highest BCUT2D eigenvalue weighted by Crippen LogP contribution is 2.34. The average Bonchev–Trinajstić information content (AvgIpc) is 2.58. The summed E-state index contributed by atoms with van der Waals surface area (Å²) in [6.45, 7) is 7.27. The van der Waals surface area contributed by atoms with Gasteiger partial charge in [0.2, 0.25) is 5.82 Å². The number of hydrogen-bond donors (Lipinski definition) is 0. The van der Waals surface area contributed by atoms with Gasteiger partial charge in [-0.3, -0.25) is 0 Å². The molecule has 0 bridgehead atoms. The highest BCUT2D eigenvalue weighted by atomic mass is 19.4. The Hall–Kier alpha value is -2.38. The van der Waals surface area contributed by atoms with Crippen molar-refractivity contribution in [3.63, 3.8) is 0 Å². The fourth-order valence-electron chi connectivity index (χ4n) is 3.66. The molecule has 146 valence electrons. The Labute approximate surface area is 155 Å². The third kappa shape index (κ3) is 4.14. The van der Waals surface area contributed by atoms with Gasteiger partial charge in [-0.1, -0.05) is 13.8 Å². The Morgan fingerprint density at radius 2 is 1.89 bits per heavy atom. The Balaban J connectivity index is 2.16. The molecule has 0 N–H and O–H groups in total. The summed E-state index contributed by atoms with van der Waals surface area (Å²) in [5, 5.41) is 0.426. The molecule has 0 radical (unpaired) electrons. The summed E-state index contributed by atoms with van der Waals surface area (Å²) in [7, 11) is 0. The van der Waals surface area contributed by atoms with Crippen LogP contribution in [0.2, 0.25) is 0 Å². The molecule has 2 atom stereocenters. The summed E-state index contributed by atoms with van der Waals surface area (Å²) in [4.78, 5) is 21.4. The van der Waals surface area contributed by atoms with E-state index < -0.39 is 18.0 Å². The Morgan fingerprint density at radius 3 is 2.48 bits per heavy atom. The molecule has 1 saturated heterocycles. The highest BCUT2D eigenvalue weighted by Gasteiger charge is 2.36. The van der Waals surface area contributed by atoms with Crippen molar-refractivity contribution >= 4 is 22.7 Å². The van der Waals surface area contributed by atoms with Crippen LogP contribution in [0.3, 0.4) is 0 Å². The lowest BCUT2D eigenvalue weighted by Gasteiger charge is -2.36. The predicted molar refractivity (Wildman–Crippen MR) is 95.7 cm³/mol. The zero-order valence-corrected chi connectivity index (χ0v) is 15.5. The Bertz CT molecular complexity index is 844.